The molecule has 3 unspecified atom stereocenters. The van der Waals surface area contributed by atoms with Crippen molar-refractivity contribution in [2.24, 2.45) is 17.3 Å². The highest BCUT2D eigenvalue weighted by Gasteiger charge is 2.57. The van der Waals surface area contributed by atoms with Gasteiger partial charge >= 0.3 is 0 Å². The summed E-state index contributed by atoms with van der Waals surface area (Å²) < 4.78 is 6.10. The van der Waals surface area contributed by atoms with Crippen LogP contribution in [0.4, 0.5) is 0 Å². The van der Waals surface area contributed by atoms with E-state index < -0.39 is 0 Å². The van der Waals surface area contributed by atoms with Gasteiger partial charge in [0.05, 0.1) is 0 Å². The molecular weight excluding hydrogens is 244 g/mol. The summed E-state index contributed by atoms with van der Waals surface area (Å²) >= 11 is 0. The van der Waals surface area contributed by atoms with Crippen molar-refractivity contribution >= 4 is 0 Å². The third-order valence-corrected chi connectivity index (χ3v) is 5.12. The molecule has 1 nitrogen and oxygen atoms in total. The Bertz CT molecular complexity index is 430. The van der Waals surface area contributed by atoms with E-state index in [9.17, 15) is 0 Å². The summed E-state index contributed by atoms with van der Waals surface area (Å²) in [6.45, 7) is 13.7. The van der Waals surface area contributed by atoms with Crippen molar-refractivity contribution in [1.29, 1.82) is 0 Å². The molecular formula is C19H30O. The van der Waals surface area contributed by atoms with Gasteiger partial charge in [-0.3, -0.25) is 0 Å². The van der Waals surface area contributed by atoms with Crippen LogP contribution in [0.2, 0.25) is 0 Å². The quantitative estimate of drug-likeness (QED) is 0.651. The summed E-state index contributed by atoms with van der Waals surface area (Å²) in [5, 5.41) is 0. The highest BCUT2D eigenvalue weighted by Crippen LogP contribution is 2.53. The predicted octanol–water partition coefficient (Wildman–Crippen LogP) is 5.65. The molecule has 0 aromatic heterocycles. The second kappa shape index (κ2) is 5.79. The molecule has 0 N–H and O–H groups in total. The van der Waals surface area contributed by atoms with E-state index in [2.05, 4.69) is 65.8 Å². The Labute approximate surface area is 124 Å². The number of ether oxygens (including phenoxy) is 1. The van der Waals surface area contributed by atoms with Gasteiger partial charge in [0.2, 0.25) is 0 Å². The molecule has 1 aromatic rings. The zero-order chi connectivity index (χ0) is 14.9. The molecule has 1 aliphatic rings. The van der Waals surface area contributed by atoms with Crippen LogP contribution in [0.15, 0.2) is 24.3 Å². The van der Waals surface area contributed by atoms with Crippen LogP contribution in [-0.4, -0.2) is 6.10 Å². The van der Waals surface area contributed by atoms with Gasteiger partial charge in [-0.2, -0.15) is 0 Å². The fourth-order valence-corrected chi connectivity index (χ4v) is 3.17. The third-order valence-electron chi connectivity index (χ3n) is 5.12. The van der Waals surface area contributed by atoms with E-state index in [1.807, 2.05) is 0 Å². The molecule has 0 aliphatic heterocycles. The molecule has 2 rings (SSSR count). The lowest BCUT2D eigenvalue weighted by molar-refractivity contribution is 0.256. The Balaban J connectivity index is 1.99. The third kappa shape index (κ3) is 3.19. The van der Waals surface area contributed by atoms with Crippen LogP contribution in [-0.2, 0) is 0 Å². The molecule has 1 heteroatoms. The monoisotopic (exact) mass is 274 g/mol. The van der Waals surface area contributed by atoms with E-state index in [0.29, 0.717) is 23.4 Å². The Hall–Kier alpha value is -0.980. The average molecular weight is 274 g/mol. The lowest BCUT2D eigenvalue weighted by Crippen LogP contribution is -2.05. The Kier molecular flexibility index (Phi) is 4.46. The molecule has 1 fully saturated rings. The van der Waals surface area contributed by atoms with Gasteiger partial charge in [0.1, 0.15) is 11.9 Å². The lowest BCUT2D eigenvalue weighted by atomic mass is 9.88. The molecule has 0 radical (unpaired) electrons. The van der Waals surface area contributed by atoms with Gasteiger partial charge in [0.25, 0.3) is 0 Å². The highest BCUT2D eigenvalue weighted by molar-refractivity contribution is 5.30. The number of hydrogen-bond donors (Lipinski definition) is 0. The SMILES string of the molecule is CCC(CC(C)C)c1ccc(OC2C(C)C2(C)C)cc1. The van der Waals surface area contributed by atoms with Gasteiger partial charge in [-0.15, -0.1) is 0 Å². The molecule has 0 spiro atoms. The Morgan fingerprint density at radius 3 is 2.10 bits per heavy atom. The maximum atomic E-state index is 6.10. The van der Waals surface area contributed by atoms with Crippen LogP contribution in [0.1, 0.15) is 65.9 Å². The number of rotatable bonds is 6. The molecule has 1 saturated carbocycles. The zero-order valence-corrected chi connectivity index (χ0v) is 13.9. The molecule has 0 heterocycles. The van der Waals surface area contributed by atoms with Crippen LogP contribution >= 0.6 is 0 Å². The fourth-order valence-electron chi connectivity index (χ4n) is 3.17. The molecule has 20 heavy (non-hydrogen) atoms. The maximum Gasteiger partial charge on any atom is 0.119 e. The first-order chi connectivity index (χ1) is 9.36. The van der Waals surface area contributed by atoms with Gasteiger partial charge in [-0.25, -0.2) is 0 Å². The first-order valence-electron chi connectivity index (χ1n) is 8.12. The standard InChI is InChI=1S/C19H30O/c1-7-15(12-13(2)3)16-8-10-17(11-9-16)20-18-14(4)19(18,5)6/h8-11,13-15,18H,7,12H2,1-6H3. The van der Waals surface area contributed by atoms with Crippen LogP contribution in [0.3, 0.4) is 0 Å². The predicted molar refractivity (Wildman–Crippen MR) is 86.3 cm³/mol. The van der Waals surface area contributed by atoms with Gasteiger partial charge in [0, 0.05) is 11.3 Å². The fraction of sp³-hybridized carbons (Fsp3) is 0.684. The van der Waals surface area contributed by atoms with Crippen LogP contribution < -0.4 is 4.74 Å². The normalized spacial score (nSPS) is 25.6. The summed E-state index contributed by atoms with van der Waals surface area (Å²) in [6, 6.07) is 8.82. The van der Waals surface area contributed by atoms with Gasteiger partial charge < -0.3 is 4.74 Å². The van der Waals surface area contributed by atoms with Crippen molar-refractivity contribution in [2.45, 2.75) is 66.4 Å². The average Bonchev–Trinajstić information content (AvgIpc) is 2.87. The summed E-state index contributed by atoms with van der Waals surface area (Å²) in [5.41, 5.74) is 1.79. The van der Waals surface area contributed by atoms with E-state index in [0.717, 1.165) is 11.7 Å². The summed E-state index contributed by atoms with van der Waals surface area (Å²) in [7, 11) is 0. The largest absolute Gasteiger partial charge is 0.490 e. The number of hydrogen-bond acceptors (Lipinski definition) is 1. The molecule has 112 valence electrons. The van der Waals surface area contributed by atoms with Crippen LogP contribution in [0.5, 0.6) is 5.75 Å². The van der Waals surface area contributed by atoms with Crippen LogP contribution in [0.25, 0.3) is 0 Å². The van der Waals surface area contributed by atoms with Crippen molar-refractivity contribution in [2.75, 3.05) is 0 Å². The summed E-state index contributed by atoms with van der Waals surface area (Å²) in [5.74, 6) is 3.12. The van der Waals surface area contributed by atoms with E-state index in [4.69, 9.17) is 4.74 Å². The van der Waals surface area contributed by atoms with Gasteiger partial charge in [-0.1, -0.05) is 53.7 Å². The van der Waals surface area contributed by atoms with Crippen molar-refractivity contribution < 1.29 is 4.74 Å². The zero-order valence-electron chi connectivity index (χ0n) is 13.9. The maximum absolute atomic E-state index is 6.10. The summed E-state index contributed by atoms with van der Waals surface area (Å²) in [4.78, 5) is 0. The highest BCUT2D eigenvalue weighted by atomic mass is 16.5. The Morgan fingerprint density at radius 2 is 1.70 bits per heavy atom. The van der Waals surface area contributed by atoms with Crippen molar-refractivity contribution in [3.8, 4) is 5.75 Å². The minimum atomic E-state index is 0.336. The number of benzene rings is 1. The van der Waals surface area contributed by atoms with Crippen molar-refractivity contribution in [3.63, 3.8) is 0 Å². The summed E-state index contributed by atoms with van der Waals surface area (Å²) in [6.07, 6.45) is 2.86. The minimum Gasteiger partial charge on any atom is -0.490 e. The van der Waals surface area contributed by atoms with Crippen molar-refractivity contribution in [1.82, 2.24) is 0 Å². The van der Waals surface area contributed by atoms with E-state index in [1.165, 1.54) is 18.4 Å². The topological polar surface area (TPSA) is 9.23 Å². The van der Waals surface area contributed by atoms with Gasteiger partial charge in [-0.05, 0) is 42.4 Å². The first-order valence-corrected chi connectivity index (χ1v) is 8.12. The minimum absolute atomic E-state index is 0.336. The van der Waals surface area contributed by atoms with Crippen molar-refractivity contribution in [3.05, 3.63) is 29.8 Å². The smallest absolute Gasteiger partial charge is 0.119 e. The second-order valence-corrected chi connectivity index (χ2v) is 7.45. The molecule has 1 aromatic carbocycles. The first kappa shape index (κ1) is 15.4. The van der Waals surface area contributed by atoms with E-state index >= 15 is 0 Å². The lowest BCUT2D eigenvalue weighted by Gasteiger charge is -2.18. The van der Waals surface area contributed by atoms with Crippen LogP contribution in [0, 0.1) is 17.3 Å². The molecule has 3 atom stereocenters. The van der Waals surface area contributed by atoms with E-state index in [1.54, 1.807) is 0 Å². The molecule has 0 saturated heterocycles. The van der Waals surface area contributed by atoms with Gasteiger partial charge in [0.15, 0.2) is 0 Å². The Morgan fingerprint density at radius 1 is 1.15 bits per heavy atom. The molecule has 0 bridgehead atoms. The molecule has 1 aliphatic carbocycles. The molecule has 0 amide bonds. The second-order valence-electron chi connectivity index (χ2n) is 7.45. The van der Waals surface area contributed by atoms with E-state index in [-0.39, 0.29) is 0 Å².